The van der Waals surface area contributed by atoms with Gasteiger partial charge in [0.05, 0.1) is 12.1 Å². The minimum Gasteiger partial charge on any atom is -0.430 e. The molecule has 2 heterocycles. The molecule has 0 bridgehead atoms. The monoisotopic (exact) mass is 290 g/mol. The predicted octanol–water partition coefficient (Wildman–Crippen LogP) is 0.960. The van der Waals surface area contributed by atoms with Gasteiger partial charge in [0.25, 0.3) is 5.91 Å². The van der Waals surface area contributed by atoms with Crippen molar-refractivity contribution in [3.63, 3.8) is 0 Å². The second-order valence-electron chi connectivity index (χ2n) is 4.53. The summed E-state index contributed by atoms with van der Waals surface area (Å²) in [6.45, 7) is -0.193. The van der Waals surface area contributed by atoms with E-state index < -0.39 is 18.3 Å². The third kappa shape index (κ3) is 3.83. The Labute approximate surface area is 112 Å². The van der Waals surface area contributed by atoms with Crippen molar-refractivity contribution in [1.82, 2.24) is 9.80 Å². The lowest BCUT2D eigenvalue weighted by molar-refractivity contribution is -0.148. The van der Waals surface area contributed by atoms with E-state index in [9.17, 15) is 22.8 Å². The van der Waals surface area contributed by atoms with Crippen molar-refractivity contribution in [2.75, 3.05) is 32.7 Å². The summed E-state index contributed by atoms with van der Waals surface area (Å²) in [6, 6.07) is 2.48. The molecule has 110 valence electrons. The molecule has 1 aliphatic rings. The van der Waals surface area contributed by atoms with E-state index in [1.807, 2.05) is 0 Å². The quantitative estimate of drug-likeness (QED) is 0.814. The van der Waals surface area contributed by atoms with Gasteiger partial charge < -0.3 is 9.32 Å². The fourth-order valence-corrected chi connectivity index (χ4v) is 2.02. The van der Waals surface area contributed by atoms with Crippen LogP contribution in [0.4, 0.5) is 13.2 Å². The van der Waals surface area contributed by atoms with E-state index >= 15 is 0 Å². The van der Waals surface area contributed by atoms with Crippen LogP contribution in [0.5, 0.6) is 0 Å². The third-order valence-corrected chi connectivity index (χ3v) is 3.01. The average molecular weight is 290 g/mol. The lowest BCUT2D eigenvalue weighted by Gasteiger charge is -2.34. The lowest BCUT2D eigenvalue weighted by Crippen LogP contribution is -2.50. The zero-order valence-electron chi connectivity index (χ0n) is 10.5. The van der Waals surface area contributed by atoms with Gasteiger partial charge in [-0.3, -0.25) is 9.69 Å². The number of carbonyl (C=O) groups excluding carboxylic acids is 1. The number of hydrogen-bond acceptors (Lipinski definition) is 4. The molecule has 0 saturated carbocycles. The maximum absolute atomic E-state index is 12.2. The van der Waals surface area contributed by atoms with Crippen LogP contribution in [0.15, 0.2) is 27.6 Å². The zero-order chi connectivity index (χ0) is 14.8. The van der Waals surface area contributed by atoms with Crippen molar-refractivity contribution in [1.29, 1.82) is 0 Å². The SMILES string of the molecule is O=C(c1ccc(=O)oc1)N1CCN(CC(F)(F)F)CC1. The number of halogens is 3. The standard InChI is InChI=1S/C12H13F3N2O3/c13-12(14,15)8-16-3-5-17(6-4-16)11(19)9-1-2-10(18)20-7-9/h1-2,7H,3-6,8H2. The molecule has 1 saturated heterocycles. The lowest BCUT2D eigenvalue weighted by atomic mass is 10.2. The fourth-order valence-electron chi connectivity index (χ4n) is 2.02. The molecule has 20 heavy (non-hydrogen) atoms. The van der Waals surface area contributed by atoms with Crippen LogP contribution in [0.1, 0.15) is 10.4 Å². The van der Waals surface area contributed by atoms with E-state index in [2.05, 4.69) is 4.42 Å². The van der Waals surface area contributed by atoms with Gasteiger partial charge in [-0.15, -0.1) is 0 Å². The molecule has 1 aromatic rings. The minimum absolute atomic E-state index is 0.169. The number of rotatable bonds is 2. The molecule has 5 nitrogen and oxygen atoms in total. The van der Waals surface area contributed by atoms with Crippen LogP contribution < -0.4 is 5.63 Å². The van der Waals surface area contributed by atoms with Crippen LogP contribution in [0.3, 0.4) is 0 Å². The summed E-state index contributed by atoms with van der Waals surface area (Å²) in [4.78, 5) is 25.5. The van der Waals surface area contributed by atoms with Gasteiger partial charge in [-0.25, -0.2) is 4.79 Å². The van der Waals surface area contributed by atoms with E-state index in [1.165, 1.54) is 15.9 Å². The Bertz CT molecular complexity index is 513. The Kier molecular flexibility index (Phi) is 4.12. The van der Waals surface area contributed by atoms with Crippen LogP contribution in [-0.4, -0.2) is 54.6 Å². The zero-order valence-corrected chi connectivity index (χ0v) is 10.5. The van der Waals surface area contributed by atoms with E-state index in [4.69, 9.17) is 0 Å². The second kappa shape index (κ2) is 5.66. The largest absolute Gasteiger partial charge is 0.430 e. The van der Waals surface area contributed by atoms with Crippen molar-refractivity contribution in [3.8, 4) is 0 Å². The Balaban J connectivity index is 1.92. The van der Waals surface area contributed by atoms with E-state index in [1.54, 1.807) is 0 Å². The molecule has 2 rings (SSSR count). The van der Waals surface area contributed by atoms with Crippen LogP contribution in [0, 0.1) is 0 Å². The summed E-state index contributed by atoms with van der Waals surface area (Å²) < 4.78 is 41.3. The normalized spacial score (nSPS) is 17.2. The first kappa shape index (κ1) is 14.6. The molecule has 1 fully saturated rings. The maximum atomic E-state index is 12.2. The van der Waals surface area contributed by atoms with Gasteiger partial charge in [-0.1, -0.05) is 0 Å². The first-order valence-corrected chi connectivity index (χ1v) is 6.02. The number of alkyl halides is 3. The van der Waals surface area contributed by atoms with Crippen molar-refractivity contribution < 1.29 is 22.4 Å². The molecular weight excluding hydrogens is 277 g/mol. The molecule has 8 heteroatoms. The number of amides is 1. The van der Waals surface area contributed by atoms with Crippen molar-refractivity contribution in [2.24, 2.45) is 0 Å². The summed E-state index contributed by atoms with van der Waals surface area (Å²) in [5.74, 6) is -0.347. The molecule has 0 aromatic carbocycles. The first-order chi connectivity index (χ1) is 9.35. The van der Waals surface area contributed by atoms with E-state index in [-0.39, 0.29) is 37.6 Å². The van der Waals surface area contributed by atoms with Gasteiger partial charge in [0.2, 0.25) is 0 Å². The highest BCUT2D eigenvalue weighted by atomic mass is 19.4. The van der Waals surface area contributed by atoms with E-state index in [0.29, 0.717) is 0 Å². The molecule has 0 unspecified atom stereocenters. The summed E-state index contributed by atoms with van der Waals surface area (Å²) in [6.07, 6.45) is -3.16. The number of carbonyl (C=O) groups is 1. The Morgan fingerprint density at radius 2 is 1.85 bits per heavy atom. The van der Waals surface area contributed by atoms with E-state index in [0.717, 1.165) is 12.3 Å². The summed E-state index contributed by atoms with van der Waals surface area (Å²) in [5, 5.41) is 0. The second-order valence-corrected chi connectivity index (χ2v) is 4.53. The molecule has 1 aliphatic heterocycles. The topological polar surface area (TPSA) is 53.8 Å². The van der Waals surface area contributed by atoms with Crippen LogP contribution in [0.25, 0.3) is 0 Å². The molecule has 0 radical (unpaired) electrons. The number of piperazine rings is 1. The maximum Gasteiger partial charge on any atom is 0.401 e. The highest BCUT2D eigenvalue weighted by Gasteiger charge is 2.33. The van der Waals surface area contributed by atoms with Crippen molar-refractivity contribution >= 4 is 5.91 Å². The third-order valence-electron chi connectivity index (χ3n) is 3.01. The molecular formula is C12H13F3N2O3. The summed E-state index contributed by atoms with van der Waals surface area (Å²) in [5.41, 5.74) is -0.342. The van der Waals surface area contributed by atoms with Gasteiger partial charge in [-0.2, -0.15) is 13.2 Å². The average Bonchev–Trinajstić information content (AvgIpc) is 2.38. The Morgan fingerprint density at radius 3 is 2.35 bits per heavy atom. The first-order valence-electron chi connectivity index (χ1n) is 6.02. The molecule has 0 N–H and O–H groups in total. The van der Waals surface area contributed by atoms with Gasteiger partial charge in [0.15, 0.2) is 0 Å². The van der Waals surface area contributed by atoms with Crippen molar-refractivity contribution in [3.05, 3.63) is 34.4 Å². The predicted molar refractivity (Wildman–Crippen MR) is 63.4 cm³/mol. The molecule has 0 spiro atoms. The van der Waals surface area contributed by atoms with Crippen LogP contribution in [-0.2, 0) is 0 Å². The summed E-state index contributed by atoms with van der Waals surface area (Å²) >= 11 is 0. The fraction of sp³-hybridized carbons (Fsp3) is 0.500. The highest BCUT2D eigenvalue weighted by Crippen LogP contribution is 2.18. The Hall–Kier alpha value is -1.83. The highest BCUT2D eigenvalue weighted by molar-refractivity contribution is 5.93. The number of nitrogens with zero attached hydrogens (tertiary/aromatic N) is 2. The van der Waals surface area contributed by atoms with Gasteiger partial charge in [0, 0.05) is 32.2 Å². The van der Waals surface area contributed by atoms with Gasteiger partial charge in [0.1, 0.15) is 6.26 Å². The van der Waals surface area contributed by atoms with Gasteiger partial charge in [-0.05, 0) is 6.07 Å². The smallest absolute Gasteiger partial charge is 0.401 e. The number of hydrogen-bond donors (Lipinski definition) is 0. The van der Waals surface area contributed by atoms with Gasteiger partial charge >= 0.3 is 11.8 Å². The van der Waals surface area contributed by atoms with Crippen molar-refractivity contribution in [2.45, 2.75) is 6.18 Å². The molecule has 1 aromatic heterocycles. The summed E-state index contributed by atoms with van der Waals surface area (Å²) in [7, 11) is 0. The minimum atomic E-state index is -4.23. The molecule has 1 amide bonds. The molecule has 0 aliphatic carbocycles. The molecule has 0 atom stereocenters. The Morgan fingerprint density at radius 1 is 1.20 bits per heavy atom. The van der Waals surface area contributed by atoms with Crippen LogP contribution in [0.2, 0.25) is 0 Å². The van der Waals surface area contributed by atoms with Crippen LogP contribution >= 0.6 is 0 Å².